The lowest BCUT2D eigenvalue weighted by molar-refractivity contribution is 0.630. The highest BCUT2D eigenvalue weighted by atomic mass is 32.2. The highest BCUT2D eigenvalue weighted by Crippen LogP contribution is 2.25. The van der Waals surface area contributed by atoms with Crippen LogP contribution in [-0.4, -0.2) is 33.5 Å². The molecular weight excluding hydrogens is 226 g/mol. The molecule has 86 valence electrons. The minimum Gasteiger partial charge on any atom is -0.376 e. The summed E-state index contributed by atoms with van der Waals surface area (Å²) in [5.74, 6) is 0. The smallest absolute Gasteiger partial charge is 0.172 e. The number of hydrogen-bond donors (Lipinski definition) is 1. The molecule has 3 nitrogen and oxygen atoms in total. The van der Waals surface area contributed by atoms with Gasteiger partial charge in [0.1, 0.15) is 0 Å². The summed E-state index contributed by atoms with van der Waals surface area (Å²) in [5.41, 5.74) is 5.64. The number of thioether (sulfide) groups is 1. The number of thiocarbonyl (C=S) groups is 1. The van der Waals surface area contributed by atoms with Gasteiger partial charge in [-0.3, -0.25) is 9.89 Å². The molecule has 0 bridgehead atoms. The van der Waals surface area contributed by atoms with Crippen molar-refractivity contribution in [3.05, 3.63) is 0 Å². The molecule has 0 aliphatic carbocycles. The Morgan fingerprint density at radius 2 is 2.40 bits per heavy atom. The first kappa shape index (κ1) is 12.8. The van der Waals surface area contributed by atoms with E-state index in [0.717, 1.165) is 24.7 Å². The number of nitrogens with zero attached hydrogens (tertiary/aromatic N) is 2. The standard InChI is InChI=1S/C10H19N3S2/c1-3-4-5-6-12-10-13(9(11)14)7-8(2)15-10/h8H,3-7H2,1-2H3,(H2,11,14)/b12-10+. The van der Waals surface area contributed by atoms with E-state index >= 15 is 0 Å². The molecule has 0 aromatic heterocycles. The summed E-state index contributed by atoms with van der Waals surface area (Å²) in [6, 6.07) is 0. The number of unbranched alkanes of at least 4 members (excludes halogenated alkanes) is 2. The van der Waals surface area contributed by atoms with E-state index in [1.165, 1.54) is 12.8 Å². The number of nitrogens with two attached hydrogens (primary N) is 1. The SMILES string of the molecule is CCCCC/N=C1/SC(C)CN1C(N)=S. The normalized spacial score (nSPS) is 23.7. The average Bonchev–Trinajstić information content (AvgIpc) is 2.55. The quantitative estimate of drug-likeness (QED) is 0.609. The van der Waals surface area contributed by atoms with E-state index in [-0.39, 0.29) is 0 Å². The number of hydrogen-bond acceptors (Lipinski definition) is 3. The van der Waals surface area contributed by atoms with Gasteiger partial charge in [0.2, 0.25) is 0 Å². The number of aliphatic imine (C=N–C) groups is 1. The predicted molar refractivity (Wildman–Crippen MR) is 72.4 cm³/mol. The van der Waals surface area contributed by atoms with Crippen LogP contribution in [0.3, 0.4) is 0 Å². The average molecular weight is 245 g/mol. The summed E-state index contributed by atoms with van der Waals surface area (Å²) >= 11 is 6.76. The highest BCUT2D eigenvalue weighted by molar-refractivity contribution is 8.14. The van der Waals surface area contributed by atoms with E-state index in [1.54, 1.807) is 11.8 Å². The summed E-state index contributed by atoms with van der Waals surface area (Å²) < 4.78 is 0. The highest BCUT2D eigenvalue weighted by Gasteiger charge is 2.26. The van der Waals surface area contributed by atoms with Crippen LogP contribution in [0.1, 0.15) is 33.1 Å². The monoisotopic (exact) mass is 245 g/mol. The molecule has 1 rings (SSSR count). The summed E-state index contributed by atoms with van der Waals surface area (Å²) in [5, 5.41) is 1.99. The largest absolute Gasteiger partial charge is 0.376 e. The van der Waals surface area contributed by atoms with Gasteiger partial charge in [0.25, 0.3) is 0 Å². The minimum atomic E-state index is 0.445. The fraction of sp³-hybridized carbons (Fsp3) is 0.800. The van der Waals surface area contributed by atoms with Crippen molar-refractivity contribution in [2.24, 2.45) is 10.7 Å². The first-order valence-electron chi connectivity index (χ1n) is 5.43. The zero-order valence-corrected chi connectivity index (χ0v) is 11.0. The van der Waals surface area contributed by atoms with Crippen molar-refractivity contribution in [1.29, 1.82) is 0 Å². The maximum absolute atomic E-state index is 5.64. The van der Waals surface area contributed by atoms with Crippen LogP contribution in [0.4, 0.5) is 0 Å². The maximum Gasteiger partial charge on any atom is 0.172 e. The first-order chi connectivity index (χ1) is 7.15. The first-order valence-corrected chi connectivity index (χ1v) is 6.72. The van der Waals surface area contributed by atoms with Crippen LogP contribution in [0.2, 0.25) is 0 Å². The molecule has 0 aromatic rings. The molecule has 0 aromatic carbocycles. The number of rotatable bonds is 4. The van der Waals surface area contributed by atoms with Gasteiger partial charge >= 0.3 is 0 Å². The fourth-order valence-corrected chi connectivity index (χ4v) is 2.73. The molecule has 1 aliphatic heterocycles. The lowest BCUT2D eigenvalue weighted by Gasteiger charge is -2.14. The summed E-state index contributed by atoms with van der Waals surface area (Å²) in [6.07, 6.45) is 3.62. The van der Waals surface area contributed by atoms with Gasteiger partial charge in [-0.25, -0.2) is 0 Å². The lowest BCUT2D eigenvalue weighted by atomic mass is 10.2. The Kier molecular flexibility index (Phi) is 5.39. The van der Waals surface area contributed by atoms with Crippen molar-refractivity contribution in [3.63, 3.8) is 0 Å². The molecule has 0 radical (unpaired) electrons. The second-order valence-corrected chi connectivity index (χ2v) is 5.57. The third-order valence-electron chi connectivity index (χ3n) is 2.25. The van der Waals surface area contributed by atoms with E-state index in [1.807, 2.05) is 4.90 Å². The van der Waals surface area contributed by atoms with Crippen molar-refractivity contribution >= 4 is 34.3 Å². The Hall–Kier alpha value is -0.290. The van der Waals surface area contributed by atoms with Crippen LogP contribution in [0.5, 0.6) is 0 Å². The molecule has 15 heavy (non-hydrogen) atoms. The van der Waals surface area contributed by atoms with E-state index in [4.69, 9.17) is 18.0 Å². The second-order valence-electron chi connectivity index (χ2n) is 3.75. The Bertz CT molecular complexity index is 253. The maximum atomic E-state index is 5.64. The second kappa shape index (κ2) is 6.33. The van der Waals surface area contributed by atoms with Crippen molar-refractivity contribution in [2.45, 2.75) is 38.4 Å². The molecule has 0 saturated carbocycles. The van der Waals surface area contributed by atoms with E-state index < -0.39 is 0 Å². The van der Waals surface area contributed by atoms with Crippen LogP contribution >= 0.6 is 24.0 Å². The predicted octanol–water partition coefficient (Wildman–Crippen LogP) is 2.21. The summed E-state index contributed by atoms with van der Waals surface area (Å²) in [6.45, 7) is 6.15. The van der Waals surface area contributed by atoms with Gasteiger partial charge in [0.05, 0.1) is 0 Å². The van der Waals surface area contributed by atoms with E-state index in [0.29, 0.717) is 10.4 Å². The van der Waals surface area contributed by atoms with Crippen LogP contribution in [0.15, 0.2) is 4.99 Å². The van der Waals surface area contributed by atoms with E-state index in [9.17, 15) is 0 Å². The number of amidine groups is 1. The molecule has 1 unspecified atom stereocenters. The molecule has 1 fully saturated rings. The molecule has 0 amide bonds. The lowest BCUT2D eigenvalue weighted by Crippen LogP contribution is -2.36. The van der Waals surface area contributed by atoms with Gasteiger partial charge in [-0.1, -0.05) is 38.5 Å². The molecule has 1 atom stereocenters. The molecule has 1 aliphatic rings. The van der Waals surface area contributed by atoms with Gasteiger partial charge in [0, 0.05) is 18.3 Å². The summed E-state index contributed by atoms with van der Waals surface area (Å²) in [7, 11) is 0. The molecular formula is C10H19N3S2. The molecule has 1 saturated heterocycles. The zero-order chi connectivity index (χ0) is 11.3. The van der Waals surface area contributed by atoms with Gasteiger partial charge < -0.3 is 5.73 Å². The van der Waals surface area contributed by atoms with Crippen LogP contribution in [0, 0.1) is 0 Å². The fourth-order valence-electron chi connectivity index (χ4n) is 1.46. The van der Waals surface area contributed by atoms with Gasteiger partial charge in [0.15, 0.2) is 10.3 Å². The molecule has 0 spiro atoms. The van der Waals surface area contributed by atoms with Crippen molar-refractivity contribution in [3.8, 4) is 0 Å². The minimum absolute atomic E-state index is 0.445. The van der Waals surface area contributed by atoms with Crippen LogP contribution in [0.25, 0.3) is 0 Å². The summed E-state index contributed by atoms with van der Waals surface area (Å²) in [4.78, 5) is 6.49. The van der Waals surface area contributed by atoms with Gasteiger partial charge in [-0.05, 0) is 18.6 Å². The zero-order valence-electron chi connectivity index (χ0n) is 9.40. The topological polar surface area (TPSA) is 41.6 Å². The van der Waals surface area contributed by atoms with Crippen molar-refractivity contribution in [2.75, 3.05) is 13.1 Å². The van der Waals surface area contributed by atoms with Crippen molar-refractivity contribution < 1.29 is 0 Å². The third-order valence-corrected chi connectivity index (χ3v) is 3.58. The Labute approximate surface area is 101 Å². The van der Waals surface area contributed by atoms with Crippen LogP contribution in [-0.2, 0) is 0 Å². The van der Waals surface area contributed by atoms with Crippen molar-refractivity contribution in [1.82, 2.24) is 4.90 Å². The van der Waals surface area contributed by atoms with Gasteiger partial charge in [-0.2, -0.15) is 0 Å². The van der Waals surface area contributed by atoms with Crippen LogP contribution < -0.4 is 5.73 Å². The molecule has 2 N–H and O–H groups in total. The van der Waals surface area contributed by atoms with E-state index in [2.05, 4.69) is 18.8 Å². The Balaban J connectivity index is 2.47. The Morgan fingerprint density at radius 3 is 3.00 bits per heavy atom. The molecule has 1 heterocycles. The Morgan fingerprint density at radius 1 is 1.67 bits per heavy atom. The molecule has 5 heteroatoms. The third kappa shape index (κ3) is 3.99. The van der Waals surface area contributed by atoms with Gasteiger partial charge in [-0.15, -0.1) is 0 Å².